The van der Waals surface area contributed by atoms with Crippen molar-refractivity contribution in [1.29, 1.82) is 0 Å². The van der Waals surface area contributed by atoms with Gasteiger partial charge in [0.25, 0.3) is 11.5 Å². The van der Waals surface area contributed by atoms with E-state index in [1.807, 2.05) is 6.92 Å². The smallest absolute Gasteiger partial charge is 0.321 e. The third kappa shape index (κ3) is 4.52. The topological polar surface area (TPSA) is 96.3 Å². The van der Waals surface area contributed by atoms with Crippen LogP contribution in [0.3, 0.4) is 0 Å². The van der Waals surface area contributed by atoms with Crippen LogP contribution in [0.15, 0.2) is 71.3 Å². The molecule has 33 heavy (non-hydrogen) atoms. The summed E-state index contributed by atoms with van der Waals surface area (Å²) in [4.78, 5) is 39.1. The van der Waals surface area contributed by atoms with E-state index in [1.165, 1.54) is 53.2 Å². The molecule has 2 N–H and O–H groups in total. The number of carbonyl (C=O) groups is 2. The standard InChI is InChI=1S/C24H22FN5O3/c1-14-10-21(31)30(26-12-14)18-9-4-15(2)20(11-18)27-23(32)19-13-29(3)24(33)28-22(19)16-5-7-17(25)8-6-16/h4-13,22H,1-3H3,(H,27,32)(H,28,33)/t22-/m0/s1. The van der Waals surface area contributed by atoms with Crippen molar-refractivity contribution in [3.8, 4) is 5.69 Å². The third-order valence-corrected chi connectivity index (χ3v) is 5.35. The maximum atomic E-state index is 13.4. The Morgan fingerprint density at radius 3 is 2.52 bits per heavy atom. The van der Waals surface area contributed by atoms with Crippen molar-refractivity contribution < 1.29 is 14.0 Å². The van der Waals surface area contributed by atoms with E-state index in [0.717, 1.165) is 11.1 Å². The molecule has 0 saturated carbocycles. The number of halogens is 1. The lowest BCUT2D eigenvalue weighted by atomic mass is 9.97. The highest BCUT2D eigenvalue weighted by atomic mass is 19.1. The number of aromatic nitrogens is 2. The molecule has 1 aromatic heterocycles. The second-order valence-corrected chi connectivity index (χ2v) is 7.87. The van der Waals surface area contributed by atoms with Crippen molar-refractivity contribution in [2.45, 2.75) is 19.9 Å². The molecular weight excluding hydrogens is 425 g/mol. The summed E-state index contributed by atoms with van der Waals surface area (Å²) in [6.07, 6.45) is 3.03. The van der Waals surface area contributed by atoms with Crippen molar-refractivity contribution in [3.63, 3.8) is 0 Å². The Morgan fingerprint density at radius 2 is 1.82 bits per heavy atom. The zero-order chi connectivity index (χ0) is 23.7. The number of aryl methyl sites for hydroxylation is 2. The number of anilines is 1. The molecule has 1 aliphatic heterocycles. The first kappa shape index (κ1) is 21.9. The summed E-state index contributed by atoms with van der Waals surface area (Å²) in [6, 6.07) is 11.1. The van der Waals surface area contributed by atoms with E-state index in [9.17, 15) is 18.8 Å². The normalized spacial score (nSPS) is 15.6. The van der Waals surface area contributed by atoms with Gasteiger partial charge in [-0.15, -0.1) is 0 Å². The van der Waals surface area contributed by atoms with Gasteiger partial charge in [-0.2, -0.15) is 9.78 Å². The molecule has 4 rings (SSSR count). The monoisotopic (exact) mass is 447 g/mol. The van der Waals surface area contributed by atoms with Crippen LogP contribution in [0.4, 0.5) is 14.9 Å². The number of amides is 3. The van der Waals surface area contributed by atoms with Gasteiger partial charge in [-0.1, -0.05) is 18.2 Å². The maximum absolute atomic E-state index is 13.4. The quantitative estimate of drug-likeness (QED) is 0.642. The molecule has 0 radical (unpaired) electrons. The van der Waals surface area contributed by atoms with Gasteiger partial charge < -0.3 is 15.5 Å². The molecule has 0 unspecified atom stereocenters. The van der Waals surface area contributed by atoms with Crippen molar-refractivity contribution in [2.75, 3.05) is 12.4 Å². The summed E-state index contributed by atoms with van der Waals surface area (Å²) in [5.74, 6) is -0.860. The predicted octanol–water partition coefficient (Wildman–Crippen LogP) is 3.21. The molecule has 168 valence electrons. The lowest BCUT2D eigenvalue weighted by molar-refractivity contribution is -0.113. The number of urea groups is 1. The Labute approximate surface area is 189 Å². The Kier molecular flexibility index (Phi) is 5.78. The molecule has 0 aliphatic carbocycles. The average Bonchev–Trinajstić information content (AvgIpc) is 2.77. The van der Waals surface area contributed by atoms with E-state index in [4.69, 9.17) is 0 Å². The molecular formula is C24H22FN5O3. The highest BCUT2D eigenvalue weighted by molar-refractivity contribution is 6.06. The summed E-state index contributed by atoms with van der Waals surface area (Å²) in [6.45, 7) is 3.61. The second kappa shape index (κ2) is 8.70. The average molecular weight is 447 g/mol. The molecule has 0 saturated heterocycles. The SMILES string of the molecule is Cc1cnn(-c2ccc(C)c(NC(=O)C3=CN(C)C(=O)N[C@H]3c3ccc(F)cc3)c2)c(=O)c1. The Morgan fingerprint density at radius 1 is 1.09 bits per heavy atom. The van der Waals surface area contributed by atoms with Crippen LogP contribution in [0.2, 0.25) is 0 Å². The van der Waals surface area contributed by atoms with Crippen molar-refractivity contribution in [2.24, 2.45) is 0 Å². The molecule has 9 heteroatoms. The van der Waals surface area contributed by atoms with Gasteiger partial charge in [-0.3, -0.25) is 9.59 Å². The van der Waals surface area contributed by atoms with E-state index in [1.54, 1.807) is 31.3 Å². The fourth-order valence-corrected chi connectivity index (χ4v) is 3.52. The fourth-order valence-electron chi connectivity index (χ4n) is 3.52. The minimum Gasteiger partial charge on any atom is -0.327 e. The van der Waals surface area contributed by atoms with Gasteiger partial charge in [0.1, 0.15) is 5.82 Å². The van der Waals surface area contributed by atoms with E-state index >= 15 is 0 Å². The lowest BCUT2D eigenvalue weighted by Gasteiger charge is -2.30. The van der Waals surface area contributed by atoms with E-state index in [0.29, 0.717) is 16.9 Å². The fraction of sp³-hybridized carbons (Fsp3) is 0.167. The molecule has 0 spiro atoms. The van der Waals surface area contributed by atoms with Gasteiger partial charge in [0, 0.05) is 25.0 Å². The predicted molar refractivity (Wildman–Crippen MR) is 121 cm³/mol. The van der Waals surface area contributed by atoms with Gasteiger partial charge >= 0.3 is 6.03 Å². The Hall–Kier alpha value is -4.27. The minimum atomic E-state index is -0.751. The molecule has 0 fully saturated rings. The molecule has 2 heterocycles. The summed E-state index contributed by atoms with van der Waals surface area (Å²) in [5, 5.41) is 9.79. The minimum absolute atomic E-state index is 0.277. The van der Waals surface area contributed by atoms with Crippen LogP contribution in [0, 0.1) is 19.7 Å². The van der Waals surface area contributed by atoms with E-state index in [2.05, 4.69) is 15.7 Å². The first-order valence-corrected chi connectivity index (χ1v) is 10.2. The van der Waals surface area contributed by atoms with E-state index < -0.39 is 17.8 Å². The number of rotatable bonds is 4. The largest absolute Gasteiger partial charge is 0.327 e. The van der Waals surface area contributed by atoms with Crippen molar-refractivity contribution >= 4 is 17.6 Å². The Bertz CT molecular complexity index is 1330. The van der Waals surface area contributed by atoms with Gasteiger partial charge in [-0.05, 0) is 54.8 Å². The first-order chi connectivity index (χ1) is 15.7. The van der Waals surface area contributed by atoms with Gasteiger partial charge in [-0.25, -0.2) is 9.18 Å². The molecule has 3 aromatic rings. The molecule has 0 bridgehead atoms. The van der Waals surface area contributed by atoms with Gasteiger partial charge in [0.2, 0.25) is 0 Å². The lowest BCUT2D eigenvalue weighted by Crippen LogP contribution is -2.44. The van der Waals surface area contributed by atoms with Crippen LogP contribution >= 0.6 is 0 Å². The molecule has 2 aromatic carbocycles. The number of hydrogen-bond acceptors (Lipinski definition) is 4. The molecule has 1 aliphatic rings. The van der Waals surface area contributed by atoms with Crippen LogP contribution in [0.25, 0.3) is 5.69 Å². The molecule has 8 nitrogen and oxygen atoms in total. The van der Waals surface area contributed by atoms with Crippen LogP contribution in [0.5, 0.6) is 0 Å². The number of nitrogens with one attached hydrogen (secondary N) is 2. The van der Waals surface area contributed by atoms with Crippen LogP contribution in [0.1, 0.15) is 22.7 Å². The van der Waals surface area contributed by atoms with Crippen LogP contribution in [-0.2, 0) is 4.79 Å². The summed E-state index contributed by atoms with van der Waals surface area (Å²) in [5.41, 5.74) is 3.08. The zero-order valence-electron chi connectivity index (χ0n) is 18.3. The Balaban J connectivity index is 1.67. The number of carbonyl (C=O) groups excluding carboxylic acids is 2. The third-order valence-electron chi connectivity index (χ3n) is 5.35. The first-order valence-electron chi connectivity index (χ1n) is 10.2. The summed E-state index contributed by atoms with van der Waals surface area (Å²) >= 11 is 0. The van der Waals surface area contributed by atoms with Gasteiger partial charge in [0.15, 0.2) is 0 Å². The number of hydrogen-bond donors (Lipinski definition) is 2. The van der Waals surface area contributed by atoms with Crippen molar-refractivity contribution in [1.82, 2.24) is 20.0 Å². The molecule has 1 atom stereocenters. The second-order valence-electron chi connectivity index (χ2n) is 7.87. The van der Waals surface area contributed by atoms with Crippen LogP contribution in [-0.4, -0.2) is 33.7 Å². The number of nitrogens with zero attached hydrogens (tertiary/aromatic N) is 3. The zero-order valence-corrected chi connectivity index (χ0v) is 18.3. The van der Waals surface area contributed by atoms with Crippen LogP contribution < -0.4 is 16.2 Å². The van der Waals surface area contributed by atoms with Crippen molar-refractivity contribution in [3.05, 3.63) is 99.4 Å². The van der Waals surface area contributed by atoms with E-state index in [-0.39, 0.29) is 17.2 Å². The highest BCUT2D eigenvalue weighted by Gasteiger charge is 2.30. The van der Waals surface area contributed by atoms with Gasteiger partial charge in [0.05, 0.1) is 23.5 Å². The molecule has 3 amide bonds. The maximum Gasteiger partial charge on any atom is 0.321 e. The summed E-state index contributed by atoms with van der Waals surface area (Å²) < 4.78 is 14.6. The summed E-state index contributed by atoms with van der Waals surface area (Å²) in [7, 11) is 1.53. The number of benzene rings is 2. The highest BCUT2D eigenvalue weighted by Crippen LogP contribution is 2.28.